The summed E-state index contributed by atoms with van der Waals surface area (Å²) in [6.45, 7) is 0.501. The van der Waals surface area contributed by atoms with Crippen LogP contribution in [-0.2, 0) is 11.3 Å². The van der Waals surface area contributed by atoms with Gasteiger partial charge in [-0.15, -0.1) is 0 Å². The lowest BCUT2D eigenvalue weighted by Crippen LogP contribution is -2.24. The molecule has 24 heavy (non-hydrogen) atoms. The molecule has 0 aliphatic rings. The second kappa shape index (κ2) is 7.07. The number of nitrogens with zero attached hydrogens (tertiary/aromatic N) is 3. The summed E-state index contributed by atoms with van der Waals surface area (Å²) in [6, 6.07) is 13.0. The lowest BCUT2D eigenvalue weighted by atomic mass is 10.2. The van der Waals surface area contributed by atoms with Gasteiger partial charge in [0.1, 0.15) is 5.65 Å². The number of amides is 1. The lowest BCUT2D eigenvalue weighted by molar-refractivity contribution is -0.125. The van der Waals surface area contributed by atoms with Crippen molar-refractivity contribution in [3.05, 3.63) is 76.2 Å². The maximum Gasteiger partial charge on any atom is 0.246 e. The highest BCUT2D eigenvalue weighted by molar-refractivity contribution is 6.31. The van der Waals surface area contributed by atoms with Crippen molar-refractivity contribution in [2.45, 2.75) is 6.54 Å². The number of pyridine rings is 1. The molecule has 122 valence electrons. The molecule has 3 aromatic rings. The van der Waals surface area contributed by atoms with Gasteiger partial charge in [0.05, 0.1) is 5.69 Å². The van der Waals surface area contributed by atoms with Gasteiger partial charge >= 0.3 is 0 Å². The van der Waals surface area contributed by atoms with E-state index in [9.17, 15) is 4.79 Å². The van der Waals surface area contributed by atoms with Gasteiger partial charge < -0.3 is 4.90 Å². The lowest BCUT2D eigenvalue weighted by Gasteiger charge is -2.15. The number of imidazole rings is 1. The van der Waals surface area contributed by atoms with Crippen LogP contribution in [0.4, 0.5) is 0 Å². The molecule has 0 fully saturated rings. The summed E-state index contributed by atoms with van der Waals surface area (Å²) in [4.78, 5) is 18.2. The molecule has 2 heterocycles. The molecule has 0 N–H and O–H groups in total. The van der Waals surface area contributed by atoms with E-state index >= 15 is 0 Å². The van der Waals surface area contributed by atoms with Gasteiger partial charge in [0.2, 0.25) is 5.91 Å². The summed E-state index contributed by atoms with van der Waals surface area (Å²) in [5.41, 5.74) is 2.43. The molecule has 0 radical (unpaired) electrons. The van der Waals surface area contributed by atoms with Crippen LogP contribution in [0.2, 0.25) is 10.2 Å². The molecule has 1 amide bonds. The summed E-state index contributed by atoms with van der Waals surface area (Å²) in [5.74, 6) is -0.119. The fourth-order valence-corrected chi connectivity index (χ4v) is 2.72. The summed E-state index contributed by atoms with van der Waals surface area (Å²) < 4.78 is 1.84. The highest BCUT2D eigenvalue weighted by Crippen LogP contribution is 2.19. The summed E-state index contributed by atoms with van der Waals surface area (Å²) in [7, 11) is 1.75. The van der Waals surface area contributed by atoms with E-state index in [0.29, 0.717) is 22.4 Å². The molecule has 3 rings (SSSR count). The first-order chi connectivity index (χ1) is 11.5. The fourth-order valence-electron chi connectivity index (χ4n) is 2.35. The molecule has 0 atom stereocenters. The topological polar surface area (TPSA) is 37.6 Å². The summed E-state index contributed by atoms with van der Waals surface area (Å²) >= 11 is 12.0. The number of likely N-dealkylation sites (N-methyl/N-ethyl adjacent to an activating group) is 1. The van der Waals surface area contributed by atoms with Gasteiger partial charge in [0.25, 0.3) is 0 Å². The van der Waals surface area contributed by atoms with E-state index in [1.807, 2.05) is 53.1 Å². The van der Waals surface area contributed by atoms with Crippen LogP contribution in [0.15, 0.2) is 54.7 Å². The second-order valence-electron chi connectivity index (χ2n) is 5.37. The fraction of sp³-hybridized carbons (Fsp3) is 0.111. The van der Waals surface area contributed by atoms with Crippen LogP contribution >= 0.6 is 23.2 Å². The Morgan fingerprint density at radius 1 is 1.21 bits per heavy atom. The Balaban J connectivity index is 1.74. The molecule has 0 spiro atoms. The zero-order valence-corrected chi connectivity index (χ0v) is 14.5. The quantitative estimate of drug-likeness (QED) is 0.650. The SMILES string of the molecule is CN(Cc1ccc(Cl)cc1)C(=O)/C=C/c1c(Cl)nc2ccccn12. The van der Waals surface area contributed by atoms with Crippen LogP contribution in [-0.4, -0.2) is 27.2 Å². The highest BCUT2D eigenvalue weighted by atomic mass is 35.5. The molecule has 2 aromatic heterocycles. The maximum absolute atomic E-state index is 12.3. The Morgan fingerprint density at radius 3 is 2.71 bits per heavy atom. The van der Waals surface area contributed by atoms with Crippen LogP contribution in [0, 0.1) is 0 Å². The van der Waals surface area contributed by atoms with Crippen molar-refractivity contribution in [1.29, 1.82) is 0 Å². The van der Waals surface area contributed by atoms with Crippen molar-refractivity contribution in [2.75, 3.05) is 7.05 Å². The average Bonchev–Trinajstić information content (AvgIpc) is 2.90. The number of halogens is 2. The Kier molecular flexibility index (Phi) is 4.88. The second-order valence-corrected chi connectivity index (χ2v) is 6.17. The van der Waals surface area contributed by atoms with Gasteiger partial charge in [-0.25, -0.2) is 4.98 Å². The number of hydrogen-bond acceptors (Lipinski definition) is 2. The first kappa shape index (κ1) is 16.6. The highest BCUT2D eigenvalue weighted by Gasteiger charge is 2.09. The zero-order chi connectivity index (χ0) is 17.1. The van der Waals surface area contributed by atoms with Crippen LogP contribution in [0.5, 0.6) is 0 Å². The van der Waals surface area contributed by atoms with E-state index in [0.717, 1.165) is 11.2 Å². The van der Waals surface area contributed by atoms with Gasteiger partial charge in [-0.1, -0.05) is 41.4 Å². The van der Waals surface area contributed by atoms with E-state index in [-0.39, 0.29) is 5.91 Å². The minimum absolute atomic E-state index is 0.119. The zero-order valence-electron chi connectivity index (χ0n) is 13.0. The van der Waals surface area contributed by atoms with E-state index < -0.39 is 0 Å². The number of benzene rings is 1. The molecule has 4 nitrogen and oxygen atoms in total. The predicted molar refractivity (Wildman–Crippen MR) is 97.2 cm³/mol. The minimum Gasteiger partial charge on any atom is -0.338 e. The summed E-state index contributed by atoms with van der Waals surface area (Å²) in [6.07, 6.45) is 5.04. The third kappa shape index (κ3) is 3.61. The van der Waals surface area contributed by atoms with Crippen LogP contribution in [0.3, 0.4) is 0 Å². The number of aromatic nitrogens is 2. The van der Waals surface area contributed by atoms with E-state index in [1.165, 1.54) is 6.08 Å². The standard InChI is InChI=1S/C18H15Cl2N3O/c1-22(12-13-5-7-14(19)8-6-13)17(24)10-9-15-18(20)21-16-4-2-3-11-23(15)16/h2-11H,12H2,1H3/b10-9+. The van der Waals surface area contributed by atoms with Crippen LogP contribution in [0.1, 0.15) is 11.3 Å². The monoisotopic (exact) mass is 359 g/mol. The summed E-state index contributed by atoms with van der Waals surface area (Å²) in [5, 5.41) is 1.04. The van der Waals surface area contributed by atoms with Crippen LogP contribution in [0.25, 0.3) is 11.7 Å². The van der Waals surface area contributed by atoms with Crippen molar-refractivity contribution >= 4 is 40.8 Å². The van der Waals surface area contributed by atoms with Gasteiger partial charge in [-0.05, 0) is 35.9 Å². The first-order valence-corrected chi connectivity index (χ1v) is 8.10. The average molecular weight is 360 g/mol. The Bertz CT molecular complexity index is 900. The van der Waals surface area contributed by atoms with E-state index in [2.05, 4.69) is 4.98 Å². The smallest absolute Gasteiger partial charge is 0.246 e. The first-order valence-electron chi connectivity index (χ1n) is 7.35. The predicted octanol–water partition coefficient (Wildman–Crippen LogP) is 4.31. The molecule has 6 heteroatoms. The van der Waals surface area contributed by atoms with Gasteiger partial charge in [0, 0.05) is 30.9 Å². The number of carbonyl (C=O) groups excluding carboxylic acids is 1. The molecule has 1 aromatic carbocycles. The molecule has 0 saturated heterocycles. The Hall–Kier alpha value is -2.30. The Labute approximate surface area is 149 Å². The molecular formula is C18H15Cl2N3O. The number of carbonyl (C=O) groups is 1. The maximum atomic E-state index is 12.3. The number of hydrogen-bond donors (Lipinski definition) is 0. The van der Waals surface area contributed by atoms with Crippen LogP contribution < -0.4 is 0 Å². The molecular weight excluding hydrogens is 345 g/mol. The molecule has 0 aliphatic carbocycles. The van der Waals surface area contributed by atoms with Crippen molar-refractivity contribution in [3.63, 3.8) is 0 Å². The van der Waals surface area contributed by atoms with Gasteiger partial charge in [0.15, 0.2) is 5.15 Å². The van der Waals surface area contributed by atoms with E-state index in [1.54, 1.807) is 18.0 Å². The molecule has 0 bridgehead atoms. The number of fused-ring (bicyclic) bond motifs is 1. The van der Waals surface area contributed by atoms with Crippen molar-refractivity contribution in [1.82, 2.24) is 14.3 Å². The largest absolute Gasteiger partial charge is 0.338 e. The molecule has 0 saturated carbocycles. The van der Waals surface area contributed by atoms with Gasteiger partial charge in [-0.3, -0.25) is 9.20 Å². The third-order valence-corrected chi connectivity index (χ3v) is 4.15. The third-order valence-electron chi connectivity index (χ3n) is 3.61. The normalized spacial score (nSPS) is 11.3. The molecule has 0 aliphatic heterocycles. The van der Waals surface area contributed by atoms with Gasteiger partial charge in [-0.2, -0.15) is 0 Å². The van der Waals surface area contributed by atoms with Crippen molar-refractivity contribution in [2.24, 2.45) is 0 Å². The van der Waals surface area contributed by atoms with Crippen molar-refractivity contribution in [3.8, 4) is 0 Å². The Morgan fingerprint density at radius 2 is 1.96 bits per heavy atom. The minimum atomic E-state index is -0.119. The molecule has 0 unspecified atom stereocenters. The van der Waals surface area contributed by atoms with E-state index in [4.69, 9.17) is 23.2 Å². The van der Waals surface area contributed by atoms with Crippen molar-refractivity contribution < 1.29 is 4.79 Å². The number of rotatable bonds is 4.